The number of rotatable bonds is 3. The number of Topliss-reactive ketones (excluding diaryl/α,β-unsaturated/α-hetero) is 1. The summed E-state index contributed by atoms with van der Waals surface area (Å²) in [6.45, 7) is 1.53. The highest BCUT2D eigenvalue weighted by Crippen LogP contribution is 2.35. The van der Waals surface area contributed by atoms with Crippen LogP contribution in [0.15, 0.2) is 24.3 Å². The number of halogens is 1. The Morgan fingerprint density at radius 1 is 1.35 bits per heavy atom. The zero-order valence-corrected chi connectivity index (χ0v) is 10.4. The third kappa shape index (κ3) is 2.37. The molecule has 0 aliphatic carbocycles. The van der Waals surface area contributed by atoms with Crippen molar-refractivity contribution in [1.82, 2.24) is 0 Å². The van der Waals surface area contributed by atoms with Crippen molar-refractivity contribution in [2.24, 2.45) is 11.1 Å². The van der Waals surface area contributed by atoms with Gasteiger partial charge < -0.3 is 10.5 Å². The molecule has 17 heavy (non-hydrogen) atoms. The molecule has 4 heteroatoms. The molecule has 0 aromatic heterocycles. The molecule has 2 rings (SSSR count). The molecule has 1 saturated heterocycles. The van der Waals surface area contributed by atoms with Crippen molar-refractivity contribution in [2.45, 2.75) is 12.8 Å². The molecule has 1 aliphatic rings. The topological polar surface area (TPSA) is 52.3 Å². The van der Waals surface area contributed by atoms with Crippen LogP contribution in [0, 0.1) is 5.41 Å². The minimum atomic E-state index is -0.497. The van der Waals surface area contributed by atoms with Gasteiger partial charge in [-0.25, -0.2) is 0 Å². The van der Waals surface area contributed by atoms with Crippen LogP contribution in [0.3, 0.4) is 0 Å². The molecule has 1 fully saturated rings. The second-order valence-electron chi connectivity index (χ2n) is 4.41. The SMILES string of the molecule is NCC1(C(=O)c2ccccc2Cl)CCOCC1. The van der Waals surface area contributed by atoms with Crippen LogP contribution in [0.5, 0.6) is 0 Å². The van der Waals surface area contributed by atoms with Gasteiger partial charge in [0, 0.05) is 25.3 Å². The van der Waals surface area contributed by atoms with E-state index in [1.54, 1.807) is 12.1 Å². The zero-order valence-electron chi connectivity index (χ0n) is 9.62. The predicted molar refractivity (Wildman–Crippen MR) is 67.3 cm³/mol. The number of ether oxygens (including phenoxy) is 1. The number of nitrogens with two attached hydrogens (primary N) is 1. The molecule has 0 atom stereocenters. The van der Waals surface area contributed by atoms with Crippen LogP contribution >= 0.6 is 11.6 Å². The number of carbonyl (C=O) groups is 1. The fraction of sp³-hybridized carbons (Fsp3) is 0.462. The number of carbonyl (C=O) groups excluding carboxylic acids is 1. The number of hydrogen-bond acceptors (Lipinski definition) is 3. The van der Waals surface area contributed by atoms with Crippen molar-refractivity contribution in [3.05, 3.63) is 34.9 Å². The van der Waals surface area contributed by atoms with Gasteiger partial charge in [-0.1, -0.05) is 23.7 Å². The summed E-state index contributed by atoms with van der Waals surface area (Å²) in [5, 5.41) is 0.497. The minimum Gasteiger partial charge on any atom is -0.381 e. The molecule has 0 saturated carbocycles. The van der Waals surface area contributed by atoms with E-state index in [1.807, 2.05) is 12.1 Å². The van der Waals surface area contributed by atoms with E-state index < -0.39 is 5.41 Å². The summed E-state index contributed by atoms with van der Waals surface area (Å²) < 4.78 is 5.30. The van der Waals surface area contributed by atoms with E-state index in [2.05, 4.69) is 0 Å². The summed E-state index contributed by atoms with van der Waals surface area (Å²) in [5.74, 6) is 0.0499. The van der Waals surface area contributed by atoms with Gasteiger partial charge >= 0.3 is 0 Å². The number of ketones is 1. The predicted octanol–water partition coefficient (Wildman–Crippen LogP) is 2.28. The number of hydrogen-bond donors (Lipinski definition) is 1. The Morgan fingerprint density at radius 3 is 2.59 bits per heavy atom. The van der Waals surface area contributed by atoms with Gasteiger partial charge in [0.1, 0.15) is 0 Å². The average molecular weight is 254 g/mol. The lowest BCUT2D eigenvalue weighted by Crippen LogP contribution is -2.43. The first-order chi connectivity index (χ1) is 8.19. The van der Waals surface area contributed by atoms with Gasteiger partial charge in [-0.3, -0.25) is 4.79 Å². The van der Waals surface area contributed by atoms with Gasteiger partial charge in [-0.05, 0) is 25.0 Å². The van der Waals surface area contributed by atoms with Crippen LogP contribution in [0.2, 0.25) is 5.02 Å². The first-order valence-electron chi connectivity index (χ1n) is 5.77. The lowest BCUT2D eigenvalue weighted by Gasteiger charge is -2.34. The van der Waals surface area contributed by atoms with Crippen LogP contribution in [0.1, 0.15) is 23.2 Å². The van der Waals surface area contributed by atoms with Gasteiger partial charge in [0.25, 0.3) is 0 Å². The summed E-state index contributed by atoms with van der Waals surface area (Å²) in [4.78, 5) is 12.6. The molecule has 0 unspecified atom stereocenters. The van der Waals surface area contributed by atoms with Gasteiger partial charge in [0.15, 0.2) is 5.78 Å². The molecule has 0 amide bonds. The van der Waals surface area contributed by atoms with Crippen LogP contribution in [-0.2, 0) is 4.74 Å². The van der Waals surface area contributed by atoms with Crippen molar-refractivity contribution in [3.8, 4) is 0 Å². The van der Waals surface area contributed by atoms with E-state index in [0.717, 1.165) is 0 Å². The van der Waals surface area contributed by atoms with Crippen molar-refractivity contribution in [1.29, 1.82) is 0 Å². The average Bonchev–Trinajstić information content (AvgIpc) is 2.39. The Bertz CT molecular complexity index is 414. The first-order valence-corrected chi connectivity index (χ1v) is 6.14. The molecule has 1 heterocycles. The first kappa shape index (κ1) is 12.6. The van der Waals surface area contributed by atoms with Gasteiger partial charge in [0.05, 0.1) is 10.4 Å². The standard InChI is InChI=1S/C13H16ClNO2/c14-11-4-2-1-3-10(11)12(16)13(9-15)5-7-17-8-6-13/h1-4H,5-9,15H2. The molecular weight excluding hydrogens is 238 g/mol. The van der Waals surface area contributed by atoms with Gasteiger partial charge in [0.2, 0.25) is 0 Å². The lowest BCUT2D eigenvalue weighted by molar-refractivity contribution is 0.0200. The van der Waals surface area contributed by atoms with Crippen LogP contribution < -0.4 is 5.73 Å². The Morgan fingerprint density at radius 2 is 2.00 bits per heavy atom. The van der Waals surface area contributed by atoms with Gasteiger partial charge in [-0.2, -0.15) is 0 Å². The number of benzene rings is 1. The second kappa shape index (κ2) is 5.17. The minimum absolute atomic E-state index is 0.0499. The normalized spacial score (nSPS) is 18.9. The van der Waals surface area contributed by atoms with Crippen LogP contribution in [0.4, 0.5) is 0 Å². The van der Waals surface area contributed by atoms with Crippen molar-refractivity contribution in [2.75, 3.05) is 19.8 Å². The Hall–Kier alpha value is -0.900. The smallest absolute Gasteiger partial charge is 0.171 e. The summed E-state index contributed by atoms with van der Waals surface area (Å²) in [7, 11) is 0. The monoisotopic (exact) mass is 253 g/mol. The highest BCUT2D eigenvalue weighted by molar-refractivity contribution is 6.34. The Balaban J connectivity index is 2.32. The van der Waals surface area contributed by atoms with E-state index in [0.29, 0.717) is 43.2 Å². The fourth-order valence-electron chi connectivity index (χ4n) is 2.22. The summed E-state index contributed by atoms with van der Waals surface area (Å²) >= 11 is 6.06. The molecule has 1 aromatic carbocycles. The van der Waals surface area contributed by atoms with Crippen molar-refractivity contribution >= 4 is 17.4 Å². The van der Waals surface area contributed by atoms with Crippen LogP contribution in [-0.4, -0.2) is 25.5 Å². The van der Waals surface area contributed by atoms with E-state index in [4.69, 9.17) is 22.1 Å². The lowest BCUT2D eigenvalue weighted by atomic mass is 9.74. The summed E-state index contributed by atoms with van der Waals surface area (Å²) in [6.07, 6.45) is 1.35. The molecular formula is C13H16ClNO2. The van der Waals surface area contributed by atoms with Gasteiger partial charge in [-0.15, -0.1) is 0 Å². The molecule has 0 spiro atoms. The van der Waals surface area contributed by atoms with Crippen molar-refractivity contribution < 1.29 is 9.53 Å². The molecule has 1 aliphatic heterocycles. The quantitative estimate of drug-likeness (QED) is 0.841. The van der Waals surface area contributed by atoms with E-state index in [1.165, 1.54) is 0 Å². The Kier molecular flexibility index (Phi) is 3.82. The van der Waals surface area contributed by atoms with Crippen molar-refractivity contribution in [3.63, 3.8) is 0 Å². The van der Waals surface area contributed by atoms with E-state index in [9.17, 15) is 4.79 Å². The molecule has 1 aromatic rings. The highest BCUT2D eigenvalue weighted by atomic mass is 35.5. The maximum atomic E-state index is 12.6. The molecule has 92 valence electrons. The van der Waals surface area contributed by atoms with E-state index in [-0.39, 0.29) is 5.78 Å². The third-order valence-corrected chi connectivity index (χ3v) is 3.77. The molecule has 0 bridgehead atoms. The largest absolute Gasteiger partial charge is 0.381 e. The Labute approximate surface area is 106 Å². The highest BCUT2D eigenvalue weighted by Gasteiger charge is 2.39. The maximum absolute atomic E-state index is 12.6. The summed E-state index contributed by atoms with van der Waals surface area (Å²) in [6, 6.07) is 7.14. The fourth-order valence-corrected chi connectivity index (χ4v) is 2.44. The third-order valence-electron chi connectivity index (χ3n) is 3.44. The van der Waals surface area contributed by atoms with E-state index >= 15 is 0 Å². The molecule has 2 N–H and O–H groups in total. The summed E-state index contributed by atoms with van der Waals surface area (Å²) in [5.41, 5.74) is 5.88. The maximum Gasteiger partial charge on any atom is 0.171 e. The molecule has 3 nitrogen and oxygen atoms in total. The molecule has 0 radical (unpaired) electrons. The van der Waals surface area contributed by atoms with Crippen LogP contribution in [0.25, 0.3) is 0 Å². The second-order valence-corrected chi connectivity index (χ2v) is 4.81. The zero-order chi connectivity index (χ0) is 12.3.